The summed E-state index contributed by atoms with van der Waals surface area (Å²) in [6.07, 6.45) is 3.44. The van der Waals surface area contributed by atoms with Crippen LogP contribution in [0.15, 0.2) is 39.7 Å². The molecule has 0 spiro atoms. The van der Waals surface area contributed by atoms with E-state index in [4.69, 9.17) is 9.47 Å². The smallest absolute Gasteiger partial charge is 0.256 e. The molecule has 29 heavy (non-hydrogen) atoms. The fourth-order valence-electron chi connectivity index (χ4n) is 3.22. The van der Waals surface area contributed by atoms with Crippen molar-refractivity contribution in [2.75, 3.05) is 32.6 Å². The predicted molar refractivity (Wildman–Crippen MR) is 112 cm³/mol. The Labute approximate surface area is 176 Å². The minimum absolute atomic E-state index is 0.182. The van der Waals surface area contributed by atoms with Crippen LogP contribution in [0.1, 0.15) is 23.2 Å². The Balaban J connectivity index is 1.91. The highest BCUT2D eigenvalue weighted by Crippen LogP contribution is 2.34. The largest absolute Gasteiger partial charge is 0.493 e. The van der Waals surface area contributed by atoms with Gasteiger partial charge >= 0.3 is 0 Å². The van der Waals surface area contributed by atoms with Crippen LogP contribution >= 0.6 is 15.9 Å². The Hall–Kier alpha value is -2.81. The highest BCUT2D eigenvalue weighted by Gasteiger charge is 2.25. The van der Waals surface area contributed by atoms with Gasteiger partial charge in [0.05, 0.1) is 25.5 Å². The molecule has 8 nitrogen and oxygen atoms in total. The Morgan fingerprint density at radius 3 is 2.41 bits per heavy atom. The van der Waals surface area contributed by atoms with Crippen LogP contribution < -0.4 is 20.3 Å². The van der Waals surface area contributed by atoms with Crippen molar-refractivity contribution in [3.8, 4) is 11.5 Å². The minimum atomic E-state index is -0.437. The zero-order chi connectivity index (χ0) is 21.0. The van der Waals surface area contributed by atoms with Gasteiger partial charge in [0, 0.05) is 35.9 Å². The summed E-state index contributed by atoms with van der Waals surface area (Å²) in [6.45, 7) is 1.16. The molecule has 9 heteroatoms. The molecule has 154 valence electrons. The van der Waals surface area contributed by atoms with Gasteiger partial charge in [-0.05, 0) is 40.9 Å². The van der Waals surface area contributed by atoms with E-state index in [0.717, 1.165) is 12.8 Å². The van der Waals surface area contributed by atoms with Crippen LogP contribution in [0.2, 0.25) is 0 Å². The van der Waals surface area contributed by atoms with Crippen LogP contribution in [0.3, 0.4) is 0 Å². The number of amides is 2. The lowest BCUT2D eigenvalue weighted by Gasteiger charge is -2.20. The number of methoxy groups -OCH3 is 2. The summed E-state index contributed by atoms with van der Waals surface area (Å²) in [7, 11) is 2.96. The van der Waals surface area contributed by atoms with Crippen molar-refractivity contribution in [1.82, 2.24) is 9.47 Å². The summed E-state index contributed by atoms with van der Waals surface area (Å²) in [5.41, 5.74) is 0.330. The highest BCUT2D eigenvalue weighted by molar-refractivity contribution is 9.10. The first-order valence-corrected chi connectivity index (χ1v) is 9.93. The molecule has 2 amide bonds. The van der Waals surface area contributed by atoms with E-state index in [1.54, 1.807) is 23.1 Å². The van der Waals surface area contributed by atoms with Gasteiger partial charge in [-0.15, -0.1) is 0 Å². The van der Waals surface area contributed by atoms with Crippen molar-refractivity contribution >= 4 is 33.4 Å². The molecule has 2 aromatic rings. The topological polar surface area (TPSA) is 89.9 Å². The van der Waals surface area contributed by atoms with Gasteiger partial charge in [-0.3, -0.25) is 14.4 Å². The van der Waals surface area contributed by atoms with E-state index in [1.807, 2.05) is 0 Å². The third kappa shape index (κ3) is 4.79. The number of aromatic nitrogens is 1. The summed E-state index contributed by atoms with van der Waals surface area (Å²) >= 11 is 3.28. The van der Waals surface area contributed by atoms with Crippen molar-refractivity contribution in [1.29, 1.82) is 0 Å². The standard InChI is InChI=1S/C20H22BrN3O5/c1-28-16-9-14(20(27)23-7-3-4-8-23)15(10-17(16)29-2)22-18(25)12-24-11-13(21)5-6-19(24)26/h5-6,9-11H,3-4,7-8,12H2,1-2H3,(H,22,25). The van der Waals surface area contributed by atoms with Gasteiger partial charge in [0.2, 0.25) is 5.91 Å². The minimum Gasteiger partial charge on any atom is -0.493 e. The maximum Gasteiger partial charge on any atom is 0.256 e. The lowest BCUT2D eigenvalue weighted by Crippen LogP contribution is -2.30. The molecule has 2 heterocycles. The molecule has 1 aliphatic rings. The molecule has 3 rings (SSSR count). The number of benzene rings is 1. The molecule has 1 saturated heterocycles. The number of ether oxygens (including phenoxy) is 2. The van der Waals surface area contributed by atoms with Crippen molar-refractivity contribution in [3.63, 3.8) is 0 Å². The Bertz CT molecular complexity index is 983. The van der Waals surface area contributed by atoms with E-state index in [2.05, 4.69) is 21.2 Å². The summed E-state index contributed by atoms with van der Waals surface area (Å²) in [6, 6.07) is 6.11. The number of hydrogen-bond donors (Lipinski definition) is 1. The van der Waals surface area contributed by atoms with E-state index in [-0.39, 0.29) is 18.0 Å². The molecule has 0 unspecified atom stereocenters. The van der Waals surface area contributed by atoms with Gasteiger partial charge in [-0.2, -0.15) is 0 Å². The van der Waals surface area contributed by atoms with Gasteiger partial charge in [-0.1, -0.05) is 0 Å². The number of carbonyl (C=O) groups excluding carboxylic acids is 2. The maximum absolute atomic E-state index is 13.0. The second kappa shape index (κ2) is 9.13. The van der Waals surface area contributed by atoms with E-state index in [0.29, 0.717) is 40.3 Å². The van der Waals surface area contributed by atoms with Crippen molar-refractivity contribution < 1.29 is 19.1 Å². The number of pyridine rings is 1. The van der Waals surface area contributed by atoms with Crippen LogP contribution in [0.25, 0.3) is 0 Å². The number of rotatable bonds is 6. The molecule has 0 atom stereocenters. The predicted octanol–water partition coefficient (Wildman–Crippen LogP) is 2.50. The summed E-state index contributed by atoms with van der Waals surface area (Å²) in [5.74, 6) is 0.169. The van der Waals surface area contributed by atoms with Gasteiger partial charge in [0.25, 0.3) is 11.5 Å². The van der Waals surface area contributed by atoms with E-state index < -0.39 is 5.91 Å². The normalized spacial score (nSPS) is 13.3. The van der Waals surface area contributed by atoms with E-state index in [9.17, 15) is 14.4 Å². The SMILES string of the molecule is COc1cc(NC(=O)Cn2cc(Br)ccc2=O)c(C(=O)N2CCCC2)cc1OC. The lowest BCUT2D eigenvalue weighted by molar-refractivity contribution is -0.116. The molecule has 0 radical (unpaired) electrons. The molecule has 1 aromatic carbocycles. The second-order valence-corrected chi connectivity index (χ2v) is 7.53. The Kier molecular flexibility index (Phi) is 6.58. The van der Waals surface area contributed by atoms with Crippen molar-refractivity contribution in [2.45, 2.75) is 19.4 Å². The molecule has 0 aliphatic carbocycles. The molecular formula is C20H22BrN3O5. The molecule has 1 aromatic heterocycles. The van der Waals surface area contributed by atoms with Crippen molar-refractivity contribution in [2.24, 2.45) is 0 Å². The van der Waals surface area contributed by atoms with Gasteiger partial charge < -0.3 is 24.3 Å². The van der Waals surface area contributed by atoms with Crippen LogP contribution in [0, 0.1) is 0 Å². The Morgan fingerprint density at radius 1 is 1.10 bits per heavy atom. The fourth-order valence-corrected chi connectivity index (χ4v) is 3.60. The summed E-state index contributed by atoms with van der Waals surface area (Å²) in [4.78, 5) is 39.3. The summed E-state index contributed by atoms with van der Waals surface area (Å²) in [5, 5.41) is 2.74. The van der Waals surface area contributed by atoms with Crippen LogP contribution in [0.4, 0.5) is 5.69 Å². The summed E-state index contributed by atoms with van der Waals surface area (Å²) < 4.78 is 12.6. The van der Waals surface area contributed by atoms with Gasteiger partial charge in [0.15, 0.2) is 11.5 Å². The molecule has 1 fully saturated rings. The first-order chi connectivity index (χ1) is 13.9. The molecule has 1 N–H and O–H groups in total. The lowest BCUT2D eigenvalue weighted by atomic mass is 10.1. The number of halogens is 1. The van der Waals surface area contributed by atoms with Gasteiger partial charge in [-0.25, -0.2) is 0 Å². The monoisotopic (exact) mass is 463 g/mol. The van der Waals surface area contributed by atoms with E-state index >= 15 is 0 Å². The zero-order valence-electron chi connectivity index (χ0n) is 16.2. The number of anilines is 1. The third-order valence-electron chi connectivity index (χ3n) is 4.68. The molecule has 0 bridgehead atoms. The fraction of sp³-hybridized carbons (Fsp3) is 0.350. The van der Waals surface area contributed by atoms with Crippen molar-refractivity contribution in [3.05, 3.63) is 50.9 Å². The number of carbonyl (C=O) groups is 2. The molecule has 0 saturated carbocycles. The van der Waals surface area contributed by atoms with Crippen LogP contribution in [-0.4, -0.2) is 48.6 Å². The zero-order valence-corrected chi connectivity index (χ0v) is 17.8. The quantitative estimate of drug-likeness (QED) is 0.710. The first kappa shape index (κ1) is 20.9. The Morgan fingerprint density at radius 2 is 1.76 bits per heavy atom. The first-order valence-electron chi connectivity index (χ1n) is 9.14. The number of nitrogens with one attached hydrogen (secondary N) is 1. The highest BCUT2D eigenvalue weighted by atomic mass is 79.9. The number of hydrogen-bond acceptors (Lipinski definition) is 5. The molecule has 1 aliphatic heterocycles. The van der Waals surface area contributed by atoms with Crippen LogP contribution in [0.5, 0.6) is 11.5 Å². The third-order valence-corrected chi connectivity index (χ3v) is 5.15. The average molecular weight is 464 g/mol. The number of nitrogens with zero attached hydrogens (tertiary/aromatic N) is 2. The molecular weight excluding hydrogens is 442 g/mol. The average Bonchev–Trinajstić information content (AvgIpc) is 3.24. The van der Waals surface area contributed by atoms with Crippen LogP contribution in [-0.2, 0) is 11.3 Å². The van der Waals surface area contributed by atoms with Gasteiger partial charge in [0.1, 0.15) is 6.54 Å². The second-order valence-electron chi connectivity index (χ2n) is 6.61. The maximum atomic E-state index is 13.0. The number of likely N-dealkylation sites (tertiary alicyclic amines) is 1. The van der Waals surface area contributed by atoms with E-state index in [1.165, 1.54) is 31.0 Å².